The van der Waals surface area contributed by atoms with Crippen molar-refractivity contribution in [3.8, 4) is 0 Å². The summed E-state index contributed by atoms with van der Waals surface area (Å²) in [5.41, 5.74) is 1.23. The summed E-state index contributed by atoms with van der Waals surface area (Å²) in [6.45, 7) is 0.165. The van der Waals surface area contributed by atoms with Crippen molar-refractivity contribution < 1.29 is 19.4 Å². The standard InChI is InChI=1S/C12H14O4/c13-11(14)12(15)16-9-5-4-8-10-6-2-1-3-7-10/h1-3,6-7H,4-5,8-9H2,(H,13,14). The molecule has 0 unspecified atom stereocenters. The monoisotopic (exact) mass is 222 g/mol. The fourth-order valence-corrected chi connectivity index (χ4v) is 1.30. The zero-order valence-electron chi connectivity index (χ0n) is 8.89. The van der Waals surface area contributed by atoms with Crippen molar-refractivity contribution in [2.75, 3.05) is 6.61 Å². The van der Waals surface area contributed by atoms with Gasteiger partial charge in [0.1, 0.15) is 0 Å². The van der Waals surface area contributed by atoms with Gasteiger partial charge in [0, 0.05) is 0 Å². The third-order valence-electron chi connectivity index (χ3n) is 2.11. The molecule has 0 radical (unpaired) electrons. The number of hydrogen-bond donors (Lipinski definition) is 1. The molecule has 1 aromatic rings. The van der Waals surface area contributed by atoms with E-state index in [1.54, 1.807) is 0 Å². The van der Waals surface area contributed by atoms with E-state index >= 15 is 0 Å². The number of carbonyl (C=O) groups excluding carboxylic acids is 1. The molecule has 0 aliphatic heterocycles. The Bertz CT molecular complexity index is 345. The molecule has 86 valence electrons. The minimum Gasteiger partial charge on any atom is -0.473 e. The van der Waals surface area contributed by atoms with Crippen LogP contribution in [0.2, 0.25) is 0 Å². The number of unbranched alkanes of at least 4 members (excludes halogenated alkanes) is 1. The number of esters is 1. The van der Waals surface area contributed by atoms with E-state index in [1.807, 2.05) is 30.3 Å². The summed E-state index contributed by atoms with van der Waals surface area (Å²) in [5, 5.41) is 8.24. The van der Waals surface area contributed by atoms with E-state index < -0.39 is 11.9 Å². The van der Waals surface area contributed by atoms with E-state index in [2.05, 4.69) is 4.74 Å². The molecule has 0 amide bonds. The number of rotatable bonds is 5. The van der Waals surface area contributed by atoms with E-state index in [0.29, 0.717) is 6.42 Å². The molecule has 0 aliphatic carbocycles. The summed E-state index contributed by atoms with van der Waals surface area (Å²) in [7, 11) is 0. The highest BCUT2D eigenvalue weighted by Crippen LogP contribution is 2.04. The van der Waals surface area contributed by atoms with E-state index in [-0.39, 0.29) is 6.61 Å². The fourth-order valence-electron chi connectivity index (χ4n) is 1.30. The van der Waals surface area contributed by atoms with Crippen LogP contribution in [-0.4, -0.2) is 23.7 Å². The molecule has 4 nitrogen and oxygen atoms in total. The van der Waals surface area contributed by atoms with Crippen LogP contribution < -0.4 is 0 Å². The van der Waals surface area contributed by atoms with Crippen LogP contribution in [0.4, 0.5) is 0 Å². The fraction of sp³-hybridized carbons (Fsp3) is 0.333. The van der Waals surface area contributed by atoms with Crippen LogP contribution in [0.15, 0.2) is 30.3 Å². The predicted octanol–water partition coefficient (Wildman–Crippen LogP) is 1.64. The number of aliphatic carboxylic acids is 1. The maximum Gasteiger partial charge on any atom is 0.417 e. The summed E-state index contributed by atoms with van der Waals surface area (Å²) in [6.07, 6.45) is 2.45. The van der Waals surface area contributed by atoms with Gasteiger partial charge in [-0.05, 0) is 24.8 Å². The first-order valence-corrected chi connectivity index (χ1v) is 5.14. The summed E-state index contributed by atoms with van der Waals surface area (Å²) in [6, 6.07) is 9.96. The largest absolute Gasteiger partial charge is 0.473 e. The van der Waals surface area contributed by atoms with Gasteiger partial charge in [-0.15, -0.1) is 0 Å². The molecular formula is C12H14O4. The van der Waals surface area contributed by atoms with Gasteiger partial charge in [-0.1, -0.05) is 30.3 Å². The Morgan fingerprint density at radius 3 is 2.44 bits per heavy atom. The third-order valence-corrected chi connectivity index (χ3v) is 2.11. The second-order valence-electron chi connectivity index (χ2n) is 3.38. The van der Waals surface area contributed by atoms with Crippen LogP contribution in [-0.2, 0) is 20.7 Å². The smallest absolute Gasteiger partial charge is 0.417 e. The van der Waals surface area contributed by atoms with Crippen LogP contribution in [0.3, 0.4) is 0 Å². The zero-order chi connectivity index (χ0) is 11.8. The first-order chi connectivity index (χ1) is 7.70. The van der Waals surface area contributed by atoms with Gasteiger partial charge in [0.15, 0.2) is 0 Å². The Morgan fingerprint density at radius 2 is 1.81 bits per heavy atom. The molecule has 0 heterocycles. The van der Waals surface area contributed by atoms with Crippen molar-refractivity contribution in [2.45, 2.75) is 19.3 Å². The lowest BCUT2D eigenvalue weighted by atomic mass is 10.1. The van der Waals surface area contributed by atoms with Crippen molar-refractivity contribution in [2.24, 2.45) is 0 Å². The number of benzene rings is 1. The summed E-state index contributed by atoms with van der Waals surface area (Å²) in [5.74, 6) is -2.72. The van der Waals surface area contributed by atoms with E-state index in [1.165, 1.54) is 5.56 Å². The van der Waals surface area contributed by atoms with E-state index in [0.717, 1.165) is 12.8 Å². The normalized spacial score (nSPS) is 9.75. The third kappa shape index (κ3) is 4.59. The van der Waals surface area contributed by atoms with Gasteiger partial charge in [-0.2, -0.15) is 0 Å². The number of carboxylic acid groups (broad SMARTS) is 1. The molecule has 16 heavy (non-hydrogen) atoms. The highest BCUT2D eigenvalue weighted by Gasteiger charge is 2.11. The number of aryl methyl sites for hydroxylation is 1. The molecular weight excluding hydrogens is 208 g/mol. The van der Waals surface area contributed by atoms with Crippen LogP contribution in [0.5, 0.6) is 0 Å². The van der Waals surface area contributed by atoms with Gasteiger partial charge < -0.3 is 9.84 Å². The average molecular weight is 222 g/mol. The lowest BCUT2D eigenvalue weighted by Crippen LogP contribution is -2.16. The van der Waals surface area contributed by atoms with Crippen LogP contribution in [0.1, 0.15) is 18.4 Å². The van der Waals surface area contributed by atoms with E-state index in [9.17, 15) is 9.59 Å². The molecule has 0 saturated carbocycles. The maximum atomic E-state index is 10.6. The minimum atomic E-state index is -1.54. The minimum absolute atomic E-state index is 0.165. The molecule has 1 rings (SSSR count). The molecule has 0 aliphatic rings. The number of carboxylic acids is 1. The molecule has 0 bridgehead atoms. The summed E-state index contributed by atoms with van der Waals surface area (Å²) in [4.78, 5) is 20.7. The summed E-state index contributed by atoms with van der Waals surface area (Å²) < 4.78 is 4.50. The first kappa shape index (κ1) is 12.2. The van der Waals surface area contributed by atoms with Crippen molar-refractivity contribution in [1.82, 2.24) is 0 Å². The van der Waals surface area contributed by atoms with Crippen molar-refractivity contribution in [1.29, 1.82) is 0 Å². The molecule has 0 atom stereocenters. The van der Waals surface area contributed by atoms with Gasteiger partial charge in [0.2, 0.25) is 0 Å². The van der Waals surface area contributed by atoms with Crippen molar-refractivity contribution in [3.05, 3.63) is 35.9 Å². The molecule has 0 spiro atoms. The molecule has 0 fully saturated rings. The van der Waals surface area contributed by atoms with Crippen molar-refractivity contribution in [3.63, 3.8) is 0 Å². The Hall–Kier alpha value is -1.84. The molecule has 1 aromatic carbocycles. The highest BCUT2D eigenvalue weighted by molar-refractivity contribution is 6.28. The van der Waals surface area contributed by atoms with Crippen LogP contribution >= 0.6 is 0 Å². The number of ether oxygens (including phenoxy) is 1. The molecule has 0 saturated heterocycles. The SMILES string of the molecule is O=C(O)C(=O)OCCCCc1ccccc1. The lowest BCUT2D eigenvalue weighted by Gasteiger charge is -2.02. The maximum absolute atomic E-state index is 10.6. The van der Waals surface area contributed by atoms with Crippen molar-refractivity contribution >= 4 is 11.9 Å². The Morgan fingerprint density at radius 1 is 1.12 bits per heavy atom. The quantitative estimate of drug-likeness (QED) is 0.467. The Balaban J connectivity index is 2.09. The topological polar surface area (TPSA) is 63.6 Å². The highest BCUT2D eigenvalue weighted by atomic mass is 16.6. The van der Waals surface area contributed by atoms with Gasteiger partial charge in [0.05, 0.1) is 6.61 Å². The molecule has 4 heteroatoms. The summed E-state index contributed by atoms with van der Waals surface area (Å²) >= 11 is 0. The van der Waals surface area contributed by atoms with Gasteiger partial charge >= 0.3 is 11.9 Å². The second-order valence-corrected chi connectivity index (χ2v) is 3.38. The predicted molar refractivity (Wildman–Crippen MR) is 58.0 cm³/mol. The molecule has 1 N–H and O–H groups in total. The van der Waals surface area contributed by atoms with E-state index in [4.69, 9.17) is 5.11 Å². The zero-order valence-corrected chi connectivity index (χ0v) is 8.89. The average Bonchev–Trinajstić information content (AvgIpc) is 2.29. The Kier molecular flexibility index (Phi) is 5.05. The molecule has 0 aromatic heterocycles. The lowest BCUT2D eigenvalue weighted by molar-refractivity contribution is -0.163. The number of carbonyl (C=O) groups is 2. The van der Waals surface area contributed by atoms with Crippen LogP contribution in [0.25, 0.3) is 0 Å². The van der Waals surface area contributed by atoms with Gasteiger partial charge in [-0.25, -0.2) is 9.59 Å². The Labute approximate surface area is 93.9 Å². The second kappa shape index (κ2) is 6.61. The van der Waals surface area contributed by atoms with Gasteiger partial charge in [0.25, 0.3) is 0 Å². The number of hydrogen-bond acceptors (Lipinski definition) is 3. The van der Waals surface area contributed by atoms with Gasteiger partial charge in [-0.3, -0.25) is 0 Å². The van der Waals surface area contributed by atoms with Crippen LogP contribution in [0, 0.1) is 0 Å². The first-order valence-electron chi connectivity index (χ1n) is 5.14.